The quantitative estimate of drug-likeness (QED) is 0.397. The summed E-state index contributed by atoms with van der Waals surface area (Å²) in [6, 6.07) is 13.4. The maximum absolute atomic E-state index is 2.28. The Labute approximate surface area is 131 Å². The number of thioether (sulfide) groups is 2. The Hall–Kier alpha value is -0.600. The molecule has 0 N–H and O–H groups in total. The van der Waals surface area contributed by atoms with Gasteiger partial charge < -0.3 is 0 Å². The molecular formula is C18H24S2. The molecule has 20 heavy (non-hydrogen) atoms. The van der Waals surface area contributed by atoms with Gasteiger partial charge in [-0.15, -0.1) is 23.5 Å². The normalized spacial score (nSPS) is 11.1. The minimum Gasteiger partial charge on any atom is -0.125 e. The molecule has 0 saturated carbocycles. The van der Waals surface area contributed by atoms with Crippen LogP contribution in [0.3, 0.4) is 0 Å². The lowest BCUT2D eigenvalue weighted by atomic mass is 10.1. The van der Waals surface area contributed by atoms with Crippen molar-refractivity contribution in [3.63, 3.8) is 0 Å². The summed E-state index contributed by atoms with van der Waals surface area (Å²) in [6.07, 6.45) is 5.14. The first-order valence-corrected chi connectivity index (χ1v) is 9.61. The van der Waals surface area contributed by atoms with E-state index in [4.69, 9.17) is 0 Å². The van der Waals surface area contributed by atoms with Crippen LogP contribution in [0, 0.1) is 0 Å². The molecule has 2 aromatic rings. The van der Waals surface area contributed by atoms with Crippen LogP contribution in [0.4, 0.5) is 0 Å². The number of hydrogen-bond acceptors (Lipinski definition) is 2. The predicted molar refractivity (Wildman–Crippen MR) is 95.2 cm³/mol. The van der Waals surface area contributed by atoms with E-state index in [9.17, 15) is 0 Å². The fraction of sp³-hybridized carbons (Fsp3) is 0.444. The highest BCUT2D eigenvalue weighted by Crippen LogP contribution is 2.36. The van der Waals surface area contributed by atoms with Crippen LogP contribution < -0.4 is 0 Å². The fourth-order valence-electron chi connectivity index (χ4n) is 2.17. The topological polar surface area (TPSA) is 0 Å². The van der Waals surface area contributed by atoms with E-state index in [1.807, 2.05) is 23.5 Å². The first kappa shape index (κ1) is 15.8. The highest BCUT2D eigenvalue weighted by molar-refractivity contribution is 8.00. The Kier molecular flexibility index (Phi) is 6.81. The second kappa shape index (κ2) is 8.63. The van der Waals surface area contributed by atoms with Crippen LogP contribution in [0.5, 0.6) is 0 Å². The monoisotopic (exact) mass is 304 g/mol. The molecule has 0 heterocycles. The van der Waals surface area contributed by atoms with Crippen LogP contribution in [0.15, 0.2) is 46.2 Å². The van der Waals surface area contributed by atoms with Crippen LogP contribution in [-0.2, 0) is 0 Å². The summed E-state index contributed by atoms with van der Waals surface area (Å²) >= 11 is 4.03. The van der Waals surface area contributed by atoms with Gasteiger partial charge in [-0.05, 0) is 41.9 Å². The molecule has 0 aromatic heterocycles. The molecule has 0 atom stereocenters. The SMILES string of the molecule is CCCCSc1cccc2cccc(SCCCC)c12. The van der Waals surface area contributed by atoms with Gasteiger partial charge in [0.1, 0.15) is 0 Å². The van der Waals surface area contributed by atoms with Gasteiger partial charge >= 0.3 is 0 Å². The van der Waals surface area contributed by atoms with E-state index < -0.39 is 0 Å². The van der Waals surface area contributed by atoms with Gasteiger partial charge in [0.15, 0.2) is 0 Å². The second-order valence-corrected chi connectivity index (χ2v) is 7.29. The molecular weight excluding hydrogens is 280 g/mol. The molecule has 0 nitrogen and oxygen atoms in total. The van der Waals surface area contributed by atoms with Gasteiger partial charge in [-0.2, -0.15) is 0 Å². The largest absolute Gasteiger partial charge is 0.125 e. The molecule has 2 aromatic carbocycles. The standard InChI is InChI=1S/C18H24S2/c1-3-5-13-19-16-11-7-9-15-10-8-12-17(18(15)16)20-14-6-4-2/h7-12H,3-6,13-14H2,1-2H3. The summed E-state index contributed by atoms with van der Waals surface area (Å²) in [4.78, 5) is 2.91. The number of fused-ring (bicyclic) bond motifs is 1. The molecule has 0 aliphatic rings. The number of rotatable bonds is 8. The summed E-state index contributed by atoms with van der Waals surface area (Å²) < 4.78 is 0. The Balaban J connectivity index is 2.26. The third-order valence-corrected chi connectivity index (χ3v) is 5.63. The molecule has 0 bridgehead atoms. The summed E-state index contributed by atoms with van der Waals surface area (Å²) in [7, 11) is 0. The van der Waals surface area contributed by atoms with Gasteiger partial charge in [0.05, 0.1) is 0 Å². The first-order valence-electron chi connectivity index (χ1n) is 7.64. The minimum atomic E-state index is 1.23. The maximum Gasteiger partial charge on any atom is 0.0162 e. The van der Waals surface area contributed by atoms with E-state index in [1.165, 1.54) is 57.8 Å². The first-order chi connectivity index (χ1) is 9.86. The highest BCUT2D eigenvalue weighted by atomic mass is 32.2. The molecule has 0 spiro atoms. The van der Waals surface area contributed by atoms with Gasteiger partial charge in [0.25, 0.3) is 0 Å². The van der Waals surface area contributed by atoms with Crippen LogP contribution in [0.25, 0.3) is 10.8 Å². The van der Waals surface area contributed by atoms with Crippen LogP contribution in [0.1, 0.15) is 39.5 Å². The average molecular weight is 305 g/mol. The lowest BCUT2D eigenvalue weighted by Crippen LogP contribution is -1.86. The van der Waals surface area contributed by atoms with Gasteiger partial charge in [-0.25, -0.2) is 0 Å². The molecule has 0 unspecified atom stereocenters. The van der Waals surface area contributed by atoms with Crippen molar-refractivity contribution in [3.05, 3.63) is 36.4 Å². The predicted octanol–water partition coefficient (Wildman–Crippen LogP) is 6.62. The second-order valence-electron chi connectivity index (χ2n) is 5.01. The molecule has 0 amide bonds. The van der Waals surface area contributed by atoms with Crippen molar-refractivity contribution in [2.24, 2.45) is 0 Å². The minimum absolute atomic E-state index is 1.23. The van der Waals surface area contributed by atoms with Crippen molar-refractivity contribution in [1.29, 1.82) is 0 Å². The van der Waals surface area contributed by atoms with E-state index in [1.54, 1.807) is 0 Å². The number of unbranched alkanes of at least 4 members (excludes halogenated alkanes) is 2. The highest BCUT2D eigenvalue weighted by Gasteiger charge is 2.07. The molecule has 0 radical (unpaired) electrons. The summed E-state index contributed by atoms with van der Waals surface area (Å²) in [6.45, 7) is 4.52. The van der Waals surface area contributed by atoms with Crippen molar-refractivity contribution in [1.82, 2.24) is 0 Å². The smallest absolute Gasteiger partial charge is 0.0162 e. The Morgan fingerprint density at radius 1 is 0.750 bits per heavy atom. The van der Waals surface area contributed by atoms with E-state index in [-0.39, 0.29) is 0 Å². The fourth-order valence-corrected chi connectivity index (χ4v) is 4.63. The molecule has 2 rings (SSSR count). The molecule has 0 fully saturated rings. The van der Waals surface area contributed by atoms with Crippen LogP contribution in [-0.4, -0.2) is 11.5 Å². The molecule has 108 valence electrons. The molecule has 0 aliphatic heterocycles. The summed E-state index contributed by atoms with van der Waals surface area (Å²) in [5.74, 6) is 2.45. The van der Waals surface area contributed by atoms with E-state index >= 15 is 0 Å². The van der Waals surface area contributed by atoms with Crippen molar-refractivity contribution in [2.75, 3.05) is 11.5 Å². The Bertz CT molecular complexity index is 489. The molecule has 0 aliphatic carbocycles. The Morgan fingerprint density at radius 2 is 1.25 bits per heavy atom. The van der Waals surface area contributed by atoms with E-state index in [0.717, 1.165) is 0 Å². The third-order valence-electron chi connectivity index (χ3n) is 3.34. The lowest BCUT2D eigenvalue weighted by molar-refractivity contribution is 0.896. The average Bonchev–Trinajstić information content (AvgIpc) is 2.48. The van der Waals surface area contributed by atoms with E-state index in [2.05, 4.69) is 50.2 Å². The zero-order valence-electron chi connectivity index (χ0n) is 12.5. The summed E-state index contributed by atoms with van der Waals surface area (Å²) in [5.41, 5.74) is 0. The van der Waals surface area contributed by atoms with Crippen molar-refractivity contribution in [2.45, 2.75) is 49.3 Å². The maximum atomic E-state index is 2.28. The van der Waals surface area contributed by atoms with Gasteiger partial charge in [0, 0.05) is 15.2 Å². The number of benzene rings is 2. The van der Waals surface area contributed by atoms with Crippen molar-refractivity contribution in [3.8, 4) is 0 Å². The summed E-state index contributed by atoms with van der Waals surface area (Å²) in [5, 5.41) is 2.85. The lowest BCUT2D eigenvalue weighted by Gasteiger charge is -2.11. The third kappa shape index (κ3) is 4.20. The van der Waals surface area contributed by atoms with Gasteiger partial charge in [0.2, 0.25) is 0 Å². The molecule has 0 saturated heterocycles. The van der Waals surface area contributed by atoms with Crippen LogP contribution in [0.2, 0.25) is 0 Å². The zero-order chi connectivity index (χ0) is 14.2. The van der Waals surface area contributed by atoms with Crippen molar-refractivity contribution < 1.29 is 0 Å². The van der Waals surface area contributed by atoms with Gasteiger partial charge in [-0.3, -0.25) is 0 Å². The Morgan fingerprint density at radius 3 is 1.70 bits per heavy atom. The van der Waals surface area contributed by atoms with Crippen LogP contribution >= 0.6 is 23.5 Å². The zero-order valence-corrected chi connectivity index (χ0v) is 14.2. The van der Waals surface area contributed by atoms with Crippen molar-refractivity contribution >= 4 is 34.3 Å². The van der Waals surface area contributed by atoms with E-state index in [0.29, 0.717) is 0 Å². The number of hydrogen-bond donors (Lipinski definition) is 0. The molecule has 2 heteroatoms. The van der Waals surface area contributed by atoms with Gasteiger partial charge in [-0.1, -0.05) is 51.0 Å².